The van der Waals surface area contributed by atoms with Gasteiger partial charge in [0.1, 0.15) is 6.04 Å². The lowest BCUT2D eigenvalue weighted by Crippen LogP contribution is -2.47. The topological polar surface area (TPSA) is 206 Å². The molecule has 4 rings (SSSR count). The third kappa shape index (κ3) is 12.4. The van der Waals surface area contributed by atoms with E-state index < -0.39 is 17.1 Å². The van der Waals surface area contributed by atoms with Crippen molar-refractivity contribution in [3.63, 3.8) is 0 Å². The summed E-state index contributed by atoms with van der Waals surface area (Å²) in [5, 5.41) is 35.6. The molecular formula is C34H44N8O7. The fourth-order valence-corrected chi connectivity index (χ4v) is 4.80. The molecule has 0 radical (unpaired) electrons. The second-order valence-electron chi connectivity index (χ2n) is 11.0. The first-order chi connectivity index (χ1) is 23.1. The molecule has 0 unspecified atom stereocenters. The van der Waals surface area contributed by atoms with Gasteiger partial charge in [-0.2, -0.15) is 5.21 Å². The maximum absolute atomic E-state index is 12.9. The van der Waals surface area contributed by atoms with Crippen molar-refractivity contribution in [1.29, 1.82) is 0 Å². The standard InChI is InChI=1S/C24H29N5O3.C9H11N3O4.CH4/c1-4-5-10-21(30)29(22(16(2)3)24(31)32)15-17-11-13-18(14-12-17)19-8-6-7-9-20(19)23-25-27-28-26-23;13-9(8-3-1-4-10-7-8)11-5-2-6-16-12(14)15;/h6-9,11-14,16,22H,4-5,10,15H2,1-3H3,(H,31,32)(H,25,26,27,28);1,3-4,7H,2,5-6H2,(H,11,13);1H4/t22-;;/m0../s1. The number of unbranched alkanes of at least 4 members (excludes halogenated alkanes) is 1. The summed E-state index contributed by atoms with van der Waals surface area (Å²) < 4.78 is 0. The van der Waals surface area contributed by atoms with Gasteiger partial charge in [0, 0.05) is 37.5 Å². The summed E-state index contributed by atoms with van der Waals surface area (Å²) in [6.07, 6.45) is 5.37. The van der Waals surface area contributed by atoms with Gasteiger partial charge in [-0.1, -0.05) is 83.1 Å². The number of aliphatic carboxylic acids is 1. The van der Waals surface area contributed by atoms with E-state index in [0.717, 1.165) is 35.1 Å². The molecule has 2 aromatic heterocycles. The van der Waals surface area contributed by atoms with E-state index in [1.807, 2.05) is 69.3 Å². The van der Waals surface area contributed by atoms with Gasteiger partial charge in [0.05, 0.1) is 12.2 Å². The molecule has 4 aromatic rings. The van der Waals surface area contributed by atoms with E-state index in [0.29, 0.717) is 30.8 Å². The number of nitrogens with one attached hydrogen (secondary N) is 2. The fraction of sp³-hybridized carbons (Fsp3) is 0.382. The molecule has 49 heavy (non-hydrogen) atoms. The minimum atomic E-state index is -0.976. The van der Waals surface area contributed by atoms with Gasteiger partial charge in [-0.3, -0.25) is 14.6 Å². The number of carbonyl (C=O) groups excluding carboxylic acids is 2. The highest BCUT2D eigenvalue weighted by Crippen LogP contribution is 2.30. The molecule has 2 amide bonds. The SMILES string of the molecule is C.CCCCC(=O)N(Cc1ccc(-c2ccccc2-c2nn[nH]n2)cc1)[C@H](C(=O)O)C(C)C.O=C(NCCCO[N+](=O)[O-])c1cccnc1. The highest BCUT2D eigenvalue weighted by Gasteiger charge is 2.32. The average Bonchev–Trinajstić information content (AvgIpc) is 3.62. The molecule has 1 atom stereocenters. The predicted octanol–water partition coefficient (Wildman–Crippen LogP) is 5.21. The van der Waals surface area contributed by atoms with Crippen LogP contribution in [0.15, 0.2) is 73.1 Å². The van der Waals surface area contributed by atoms with Gasteiger partial charge < -0.3 is 20.2 Å². The molecule has 0 spiro atoms. The summed E-state index contributed by atoms with van der Waals surface area (Å²) in [7, 11) is 0. The van der Waals surface area contributed by atoms with Crippen LogP contribution in [-0.2, 0) is 21.0 Å². The molecule has 0 aliphatic heterocycles. The summed E-state index contributed by atoms with van der Waals surface area (Å²) in [5.41, 5.74) is 4.12. The molecule has 2 heterocycles. The number of carboxylic acid groups (broad SMARTS) is 1. The Balaban J connectivity index is 0.000000414. The molecule has 0 aliphatic rings. The summed E-state index contributed by atoms with van der Waals surface area (Å²) in [6.45, 7) is 6.22. The van der Waals surface area contributed by atoms with Gasteiger partial charge in [-0.05, 0) is 52.8 Å². The first-order valence-corrected chi connectivity index (χ1v) is 15.5. The van der Waals surface area contributed by atoms with E-state index in [1.165, 1.54) is 11.1 Å². The molecule has 15 heteroatoms. The second kappa shape index (κ2) is 20.5. The number of H-pyrrole nitrogens is 1. The van der Waals surface area contributed by atoms with Crippen LogP contribution in [0.25, 0.3) is 22.5 Å². The van der Waals surface area contributed by atoms with Crippen molar-refractivity contribution in [2.24, 2.45) is 5.92 Å². The molecule has 0 saturated heterocycles. The van der Waals surface area contributed by atoms with Crippen molar-refractivity contribution in [2.75, 3.05) is 13.2 Å². The number of pyridine rings is 1. The predicted molar refractivity (Wildman–Crippen MR) is 182 cm³/mol. The van der Waals surface area contributed by atoms with Crippen LogP contribution in [0, 0.1) is 16.0 Å². The number of rotatable bonds is 16. The Kier molecular flexibility index (Phi) is 16.5. The number of nitrogens with zero attached hydrogens (tertiary/aromatic N) is 6. The zero-order valence-electron chi connectivity index (χ0n) is 27.1. The van der Waals surface area contributed by atoms with Crippen molar-refractivity contribution < 1.29 is 29.4 Å². The number of carboxylic acids is 1. The Hall–Kier alpha value is -5.73. The smallest absolute Gasteiger partial charge is 0.326 e. The van der Waals surface area contributed by atoms with Crippen LogP contribution in [-0.4, -0.2) is 77.7 Å². The lowest BCUT2D eigenvalue weighted by atomic mass is 9.97. The number of amides is 2. The average molecular weight is 677 g/mol. The Labute approximate surface area is 285 Å². The maximum atomic E-state index is 12.9. The Morgan fingerprint density at radius 1 is 1.04 bits per heavy atom. The Morgan fingerprint density at radius 2 is 1.76 bits per heavy atom. The Bertz CT molecular complexity index is 1600. The van der Waals surface area contributed by atoms with Gasteiger partial charge in [0.2, 0.25) is 11.7 Å². The van der Waals surface area contributed by atoms with E-state index >= 15 is 0 Å². The van der Waals surface area contributed by atoms with Crippen LogP contribution >= 0.6 is 0 Å². The summed E-state index contributed by atoms with van der Waals surface area (Å²) in [4.78, 5) is 55.4. The van der Waals surface area contributed by atoms with Crippen LogP contribution in [0.4, 0.5) is 0 Å². The summed E-state index contributed by atoms with van der Waals surface area (Å²) in [5.74, 6) is -1.04. The largest absolute Gasteiger partial charge is 0.480 e. The zero-order chi connectivity index (χ0) is 34.9. The van der Waals surface area contributed by atoms with Gasteiger partial charge >= 0.3 is 5.97 Å². The van der Waals surface area contributed by atoms with Gasteiger partial charge in [0.25, 0.3) is 11.0 Å². The molecule has 262 valence electrons. The fourth-order valence-electron chi connectivity index (χ4n) is 4.80. The molecule has 2 aromatic carbocycles. The maximum Gasteiger partial charge on any atom is 0.326 e. The highest BCUT2D eigenvalue weighted by molar-refractivity contribution is 5.93. The van der Waals surface area contributed by atoms with Crippen LogP contribution in [0.5, 0.6) is 0 Å². The number of hydrogen-bond acceptors (Lipinski definition) is 10. The molecule has 3 N–H and O–H groups in total. The van der Waals surface area contributed by atoms with Gasteiger partial charge in [0.15, 0.2) is 0 Å². The Morgan fingerprint density at radius 3 is 2.33 bits per heavy atom. The van der Waals surface area contributed by atoms with Crippen molar-refractivity contribution in [2.45, 2.75) is 66.5 Å². The quantitative estimate of drug-likeness (QED) is 0.0798. The van der Waals surface area contributed by atoms with Crippen molar-refractivity contribution in [3.8, 4) is 22.5 Å². The molecule has 0 fully saturated rings. The van der Waals surface area contributed by atoms with Gasteiger partial charge in [-0.25, -0.2) is 4.79 Å². The number of aromatic amines is 1. The van der Waals surface area contributed by atoms with Crippen molar-refractivity contribution >= 4 is 17.8 Å². The molecule has 0 bridgehead atoms. The van der Waals surface area contributed by atoms with Crippen LogP contribution in [0.2, 0.25) is 0 Å². The third-order valence-corrected chi connectivity index (χ3v) is 7.14. The van der Waals surface area contributed by atoms with Crippen LogP contribution in [0.3, 0.4) is 0 Å². The van der Waals surface area contributed by atoms with Crippen LogP contribution < -0.4 is 5.32 Å². The lowest BCUT2D eigenvalue weighted by molar-refractivity contribution is -0.757. The number of carbonyl (C=O) groups is 3. The van der Waals surface area contributed by atoms with Crippen LogP contribution in [0.1, 0.15) is 69.8 Å². The van der Waals surface area contributed by atoms with Crippen molar-refractivity contribution in [1.82, 2.24) is 35.8 Å². The van der Waals surface area contributed by atoms with E-state index in [-0.39, 0.29) is 38.3 Å². The number of tetrazole rings is 1. The van der Waals surface area contributed by atoms with Crippen molar-refractivity contribution in [3.05, 3.63) is 94.3 Å². The lowest BCUT2D eigenvalue weighted by Gasteiger charge is -2.32. The second-order valence-corrected chi connectivity index (χ2v) is 11.0. The number of aromatic nitrogens is 5. The summed E-state index contributed by atoms with van der Waals surface area (Å²) >= 11 is 0. The van der Waals surface area contributed by atoms with Gasteiger partial charge in [-0.15, -0.1) is 20.3 Å². The number of hydrogen-bond donors (Lipinski definition) is 3. The van der Waals surface area contributed by atoms with E-state index in [4.69, 9.17) is 0 Å². The minimum absolute atomic E-state index is 0. The first-order valence-electron chi connectivity index (χ1n) is 15.5. The molecule has 0 aliphatic carbocycles. The third-order valence-electron chi connectivity index (χ3n) is 7.14. The molecular weight excluding hydrogens is 632 g/mol. The van der Waals surface area contributed by atoms with E-state index in [2.05, 4.69) is 35.8 Å². The minimum Gasteiger partial charge on any atom is -0.480 e. The van der Waals surface area contributed by atoms with E-state index in [1.54, 1.807) is 18.3 Å². The number of benzene rings is 2. The summed E-state index contributed by atoms with van der Waals surface area (Å²) in [6, 6.07) is 18.0. The monoisotopic (exact) mass is 676 g/mol. The first kappa shape index (κ1) is 39.4. The zero-order valence-corrected chi connectivity index (χ0v) is 27.1. The highest BCUT2D eigenvalue weighted by atomic mass is 16.9. The normalized spacial score (nSPS) is 10.9. The van der Waals surface area contributed by atoms with E-state index in [9.17, 15) is 29.6 Å². The molecule has 0 saturated carbocycles. The molecule has 15 nitrogen and oxygen atoms in total.